The van der Waals surface area contributed by atoms with Crippen LogP contribution in [-0.4, -0.2) is 29.4 Å². The van der Waals surface area contributed by atoms with Gasteiger partial charge in [-0.25, -0.2) is 0 Å². The lowest BCUT2D eigenvalue weighted by molar-refractivity contribution is 0.180. The fourth-order valence-electron chi connectivity index (χ4n) is 3.82. The molecule has 4 nitrogen and oxygen atoms in total. The van der Waals surface area contributed by atoms with E-state index >= 15 is 0 Å². The fraction of sp³-hybridized carbons (Fsp3) is 1.00. The van der Waals surface area contributed by atoms with Gasteiger partial charge >= 0.3 is 0 Å². The van der Waals surface area contributed by atoms with Gasteiger partial charge in [0.1, 0.15) is 0 Å². The summed E-state index contributed by atoms with van der Waals surface area (Å²) in [5.74, 6) is 0. The van der Waals surface area contributed by atoms with Gasteiger partial charge in [-0.3, -0.25) is 4.55 Å². The first-order valence-corrected chi connectivity index (χ1v) is 13.5. The highest BCUT2D eigenvalue weighted by atomic mass is 32.2. The zero-order valence-electron chi connectivity index (χ0n) is 18.7. The molecule has 0 saturated heterocycles. The third kappa shape index (κ3) is 19.2. The Morgan fingerprint density at radius 1 is 0.607 bits per heavy atom. The van der Waals surface area contributed by atoms with Crippen molar-refractivity contribution in [2.24, 2.45) is 0 Å². The Morgan fingerprint density at radius 2 is 0.929 bits per heavy atom. The first kappa shape index (κ1) is 27.9. The molecule has 0 aliphatic rings. The van der Waals surface area contributed by atoms with E-state index in [4.69, 9.17) is 0 Å². The molecule has 0 heterocycles. The van der Waals surface area contributed by atoms with E-state index in [0.717, 1.165) is 44.9 Å². The van der Waals surface area contributed by atoms with Crippen LogP contribution in [0, 0.1) is 0 Å². The Bertz CT molecular complexity index is 420. The first-order chi connectivity index (χ1) is 13.4. The predicted molar refractivity (Wildman–Crippen MR) is 120 cm³/mol. The monoisotopic (exact) mass is 420 g/mol. The summed E-state index contributed by atoms with van der Waals surface area (Å²) in [5.41, 5.74) is 0. The normalized spacial score (nSPS) is 14.3. The molecule has 0 fully saturated rings. The highest BCUT2D eigenvalue weighted by molar-refractivity contribution is 7.86. The van der Waals surface area contributed by atoms with Crippen LogP contribution >= 0.6 is 0 Å². The molecular formula is C23H48O4S. The third-order valence-corrected chi connectivity index (χ3v) is 7.01. The molecule has 0 saturated carbocycles. The van der Waals surface area contributed by atoms with Gasteiger partial charge in [0.15, 0.2) is 0 Å². The second kappa shape index (κ2) is 18.9. The topological polar surface area (TPSA) is 74.6 Å². The highest BCUT2D eigenvalue weighted by Gasteiger charge is 2.21. The largest absolute Gasteiger partial charge is 0.393 e. The lowest BCUT2D eigenvalue weighted by Crippen LogP contribution is -2.20. The summed E-state index contributed by atoms with van der Waals surface area (Å²) in [6, 6.07) is 0. The maximum absolute atomic E-state index is 11.5. The fourth-order valence-corrected chi connectivity index (χ4v) is 4.75. The van der Waals surface area contributed by atoms with Crippen LogP contribution in [0.25, 0.3) is 0 Å². The zero-order valence-corrected chi connectivity index (χ0v) is 19.5. The molecule has 0 spiro atoms. The van der Waals surface area contributed by atoms with Crippen LogP contribution in [0.3, 0.4) is 0 Å². The van der Waals surface area contributed by atoms with E-state index in [-0.39, 0.29) is 6.10 Å². The van der Waals surface area contributed by atoms with Crippen LogP contribution in [0.5, 0.6) is 0 Å². The van der Waals surface area contributed by atoms with Crippen molar-refractivity contribution in [2.75, 3.05) is 0 Å². The number of rotatable bonds is 21. The number of unbranched alkanes of at least 4 members (excludes halogenated alkanes) is 14. The van der Waals surface area contributed by atoms with Crippen molar-refractivity contribution in [1.82, 2.24) is 0 Å². The summed E-state index contributed by atoms with van der Waals surface area (Å²) in [5, 5.41) is 8.66. The SMILES string of the molecule is CCCCCC(CCCCCCCCCCCCCCCC(C)O)S(=O)(=O)O. The summed E-state index contributed by atoms with van der Waals surface area (Å²) in [6.45, 7) is 3.97. The quantitative estimate of drug-likeness (QED) is 0.154. The van der Waals surface area contributed by atoms with E-state index in [0.29, 0.717) is 12.8 Å². The molecule has 5 heteroatoms. The molecule has 28 heavy (non-hydrogen) atoms. The van der Waals surface area contributed by atoms with Gasteiger partial charge in [0.05, 0.1) is 11.4 Å². The standard InChI is InChI=1S/C23H48O4S/c1-3-4-16-20-23(28(25,26)27)21-18-15-13-11-9-7-5-6-8-10-12-14-17-19-22(2)24/h22-24H,3-21H2,1-2H3,(H,25,26,27). The molecule has 0 rings (SSSR count). The highest BCUT2D eigenvalue weighted by Crippen LogP contribution is 2.19. The van der Waals surface area contributed by atoms with Crippen molar-refractivity contribution in [3.8, 4) is 0 Å². The van der Waals surface area contributed by atoms with Crippen LogP contribution in [-0.2, 0) is 10.1 Å². The molecule has 2 atom stereocenters. The Labute approximate surface area is 175 Å². The Balaban J connectivity index is 3.42. The van der Waals surface area contributed by atoms with E-state index in [1.54, 1.807) is 0 Å². The van der Waals surface area contributed by atoms with Crippen LogP contribution in [0.4, 0.5) is 0 Å². The van der Waals surface area contributed by atoms with Crippen molar-refractivity contribution < 1.29 is 18.1 Å². The Kier molecular flexibility index (Phi) is 18.8. The Morgan fingerprint density at radius 3 is 1.25 bits per heavy atom. The molecule has 0 aliphatic carbocycles. The maximum Gasteiger partial charge on any atom is 0.267 e. The summed E-state index contributed by atoms with van der Waals surface area (Å²) >= 11 is 0. The molecule has 2 N–H and O–H groups in total. The van der Waals surface area contributed by atoms with Gasteiger partial charge in [0.2, 0.25) is 0 Å². The number of aliphatic hydroxyl groups is 1. The Hall–Kier alpha value is -0.130. The summed E-state index contributed by atoms with van der Waals surface area (Å²) in [4.78, 5) is 0. The lowest BCUT2D eigenvalue weighted by Gasteiger charge is -2.13. The van der Waals surface area contributed by atoms with Crippen LogP contribution < -0.4 is 0 Å². The average molecular weight is 421 g/mol. The second-order valence-corrected chi connectivity index (χ2v) is 10.4. The molecule has 0 radical (unpaired) electrons. The van der Waals surface area contributed by atoms with Crippen molar-refractivity contribution in [3.63, 3.8) is 0 Å². The van der Waals surface area contributed by atoms with Gasteiger partial charge in [0, 0.05) is 0 Å². The van der Waals surface area contributed by atoms with Gasteiger partial charge < -0.3 is 5.11 Å². The van der Waals surface area contributed by atoms with Gasteiger partial charge in [-0.2, -0.15) is 8.42 Å². The predicted octanol–water partition coefficient (Wildman–Crippen LogP) is 7.06. The van der Waals surface area contributed by atoms with E-state index < -0.39 is 15.4 Å². The van der Waals surface area contributed by atoms with Crippen LogP contribution in [0.1, 0.15) is 136 Å². The molecule has 0 aromatic heterocycles. The maximum atomic E-state index is 11.5. The molecule has 0 bridgehead atoms. The van der Waals surface area contributed by atoms with Gasteiger partial charge in [-0.15, -0.1) is 0 Å². The van der Waals surface area contributed by atoms with Crippen molar-refractivity contribution in [3.05, 3.63) is 0 Å². The van der Waals surface area contributed by atoms with Gasteiger partial charge in [0.25, 0.3) is 10.1 Å². The average Bonchev–Trinajstić information content (AvgIpc) is 2.62. The first-order valence-electron chi connectivity index (χ1n) is 12.0. The molecule has 2 unspecified atom stereocenters. The summed E-state index contributed by atoms with van der Waals surface area (Å²) in [6.07, 6.45) is 21.0. The molecule has 0 aromatic carbocycles. The van der Waals surface area contributed by atoms with Crippen molar-refractivity contribution in [1.29, 1.82) is 0 Å². The summed E-state index contributed by atoms with van der Waals surface area (Å²) < 4.78 is 32.3. The van der Waals surface area contributed by atoms with Crippen molar-refractivity contribution >= 4 is 10.1 Å². The minimum atomic E-state index is -3.88. The molecule has 0 aromatic rings. The van der Waals surface area contributed by atoms with E-state index in [2.05, 4.69) is 6.92 Å². The third-order valence-electron chi connectivity index (χ3n) is 5.70. The van der Waals surface area contributed by atoms with Crippen LogP contribution in [0.15, 0.2) is 0 Å². The van der Waals surface area contributed by atoms with E-state index in [9.17, 15) is 18.1 Å². The lowest BCUT2D eigenvalue weighted by atomic mass is 10.0. The van der Waals surface area contributed by atoms with Gasteiger partial charge in [-0.1, -0.05) is 110 Å². The zero-order chi connectivity index (χ0) is 21.1. The van der Waals surface area contributed by atoms with Crippen molar-refractivity contribution in [2.45, 2.75) is 147 Å². The number of aliphatic hydroxyl groups excluding tert-OH is 1. The minimum absolute atomic E-state index is 0.144. The second-order valence-electron chi connectivity index (χ2n) is 8.66. The molecule has 0 aliphatic heterocycles. The van der Waals surface area contributed by atoms with Gasteiger partial charge in [-0.05, 0) is 26.2 Å². The molecule has 170 valence electrons. The number of hydrogen-bond acceptors (Lipinski definition) is 3. The van der Waals surface area contributed by atoms with E-state index in [1.165, 1.54) is 64.2 Å². The summed E-state index contributed by atoms with van der Waals surface area (Å²) in [7, 11) is -3.88. The number of hydrogen-bond donors (Lipinski definition) is 2. The minimum Gasteiger partial charge on any atom is -0.393 e. The smallest absolute Gasteiger partial charge is 0.267 e. The van der Waals surface area contributed by atoms with Crippen LogP contribution in [0.2, 0.25) is 0 Å². The van der Waals surface area contributed by atoms with E-state index in [1.807, 2.05) is 6.92 Å². The molecule has 0 amide bonds. The molecular weight excluding hydrogens is 372 g/mol.